The van der Waals surface area contributed by atoms with Gasteiger partial charge < -0.3 is 14.5 Å². The smallest absolute Gasteiger partial charge is 0.0949 e. The molecular weight excluding hydrogens is 757 g/mol. The topological polar surface area (TPSA) is 75.2 Å². The highest BCUT2D eigenvalue weighted by Crippen LogP contribution is 2.45. The maximum absolute atomic E-state index is 5.64. The zero-order valence-electron chi connectivity index (χ0n) is 39.8. The van der Waals surface area contributed by atoms with Crippen LogP contribution in [0.4, 0.5) is 0 Å². The first-order valence-corrected chi connectivity index (χ1v) is 22.9. The van der Waals surface area contributed by atoms with Crippen molar-refractivity contribution in [2.45, 2.75) is 140 Å². The van der Waals surface area contributed by atoms with Crippen LogP contribution >= 0.6 is 0 Å². The van der Waals surface area contributed by atoms with Crippen LogP contribution < -0.4 is 0 Å². The third-order valence-electron chi connectivity index (χ3n) is 13.6. The van der Waals surface area contributed by atoms with Crippen molar-refractivity contribution in [3.8, 4) is 22.3 Å². The number of aromatic nitrogens is 6. The average molecular weight is 823 g/mol. The molecule has 0 unspecified atom stereocenters. The van der Waals surface area contributed by atoms with Crippen molar-refractivity contribution in [3.63, 3.8) is 0 Å². The standard InChI is InChI=1S/C56H66N6/c1-15-41-32(5)51-49(37-21-19-36(20-22-37)30-62-24-23-57-31-62)52-33(6)42(16-2)46(59-52)29-48-44(18-4)35(8)54(61-48)50(53-34(7)43(17-3)47(60-53)28-45(41)58-51)38-25-39(55(9,10)11)27-40(26-38)56(12,13)14/h19-29,31,60-61H,15-18,30H2,1-14H3. The van der Waals surface area contributed by atoms with E-state index in [1.807, 2.05) is 18.7 Å². The van der Waals surface area contributed by atoms with E-state index in [1.165, 1.54) is 72.4 Å². The van der Waals surface area contributed by atoms with E-state index in [1.54, 1.807) is 0 Å². The lowest BCUT2D eigenvalue weighted by atomic mass is 9.78. The molecule has 4 aromatic heterocycles. The van der Waals surface area contributed by atoms with Gasteiger partial charge in [0.05, 0.1) is 40.1 Å². The van der Waals surface area contributed by atoms with Crippen molar-refractivity contribution in [2.24, 2.45) is 0 Å². The van der Waals surface area contributed by atoms with Crippen LogP contribution in [0.3, 0.4) is 0 Å². The summed E-state index contributed by atoms with van der Waals surface area (Å²) in [5.41, 5.74) is 27.3. The maximum atomic E-state index is 5.64. The lowest BCUT2D eigenvalue weighted by Gasteiger charge is -2.26. The van der Waals surface area contributed by atoms with E-state index in [2.05, 4.69) is 171 Å². The predicted octanol–water partition coefficient (Wildman–Crippen LogP) is 14.9. The number of allylic oxidation sites excluding steroid dienone is 4. The van der Waals surface area contributed by atoms with Gasteiger partial charge in [-0.3, -0.25) is 0 Å². The number of benzene rings is 2. The molecule has 2 aliphatic heterocycles. The molecule has 0 saturated heterocycles. The monoisotopic (exact) mass is 823 g/mol. The van der Waals surface area contributed by atoms with E-state index >= 15 is 0 Å². The van der Waals surface area contributed by atoms with Gasteiger partial charge in [0.2, 0.25) is 0 Å². The molecule has 2 aliphatic rings. The second-order valence-electron chi connectivity index (χ2n) is 19.6. The highest BCUT2D eigenvalue weighted by molar-refractivity contribution is 6.03. The van der Waals surface area contributed by atoms with Crippen molar-refractivity contribution in [2.75, 3.05) is 0 Å². The van der Waals surface area contributed by atoms with E-state index in [0.717, 1.165) is 88.2 Å². The Balaban J connectivity index is 1.56. The molecule has 6 aromatic rings. The molecular formula is C56H66N6. The second kappa shape index (κ2) is 16.2. The van der Waals surface area contributed by atoms with Crippen LogP contribution in [0.25, 0.3) is 66.6 Å². The highest BCUT2D eigenvalue weighted by Gasteiger charge is 2.28. The Labute approximate surface area is 369 Å². The number of hydrogen-bond donors (Lipinski definition) is 2. The van der Waals surface area contributed by atoms with Gasteiger partial charge in [0, 0.05) is 41.1 Å². The van der Waals surface area contributed by atoms with Crippen molar-refractivity contribution >= 4 is 44.4 Å². The molecule has 0 amide bonds. The fraction of sp³-hybridized carbons (Fsp3) is 0.375. The number of aryl methyl sites for hydroxylation is 4. The van der Waals surface area contributed by atoms with Crippen LogP contribution in [-0.4, -0.2) is 29.5 Å². The number of aromatic amines is 2. The molecule has 0 spiro atoms. The van der Waals surface area contributed by atoms with E-state index in [9.17, 15) is 0 Å². The molecule has 8 bridgehead atoms. The van der Waals surface area contributed by atoms with Crippen LogP contribution in [0.5, 0.6) is 0 Å². The Bertz CT molecular complexity index is 2790. The van der Waals surface area contributed by atoms with Gasteiger partial charge in [0.25, 0.3) is 0 Å². The summed E-state index contributed by atoms with van der Waals surface area (Å²) in [5, 5.41) is 0. The number of imidazole rings is 1. The van der Waals surface area contributed by atoms with E-state index in [-0.39, 0.29) is 10.8 Å². The van der Waals surface area contributed by atoms with Crippen molar-refractivity contribution in [3.05, 3.63) is 135 Å². The normalized spacial score (nSPS) is 13.5. The molecule has 62 heavy (non-hydrogen) atoms. The van der Waals surface area contributed by atoms with Gasteiger partial charge >= 0.3 is 0 Å². The Kier molecular flexibility index (Phi) is 11.2. The Morgan fingerprint density at radius 3 is 1.45 bits per heavy atom. The third kappa shape index (κ3) is 7.50. The molecule has 6 nitrogen and oxygen atoms in total. The van der Waals surface area contributed by atoms with Crippen LogP contribution in [-0.2, 0) is 30.2 Å². The number of rotatable bonds is 8. The second-order valence-corrected chi connectivity index (χ2v) is 19.6. The number of nitrogens with zero attached hydrogens (tertiary/aromatic N) is 4. The summed E-state index contributed by atoms with van der Waals surface area (Å²) in [4.78, 5) is 23.7. The zero-order valence-corrected chi connectivity index (χ0v) is 39.8. The highest BCUT2D eigenvalue weighted by atomic mass is 15.0. The maximum Gasteiger partial charge on any atom is 0.0949 e. The van der Waals surface area contributed by atoms with Gasteiger partial charge in [-0.15, -0.1) is 0 Å². The van der Waals surface area contributed by atoms with Gasteiger partial charge in [-0.25, -0.2) is 15.0 Å². The molecule has 0 fully saturated rings. The first kappa shape index (κ1) is 42.9. The fourth-order valence-corrected chi connectivity index (χ4v) is 9.88. The van der Waals surface area contributed by atoms with E-state index < -0.39 is 0 Å². The Morgan fingerprint density at radius 2 is 1.05 bits per heavy atom. The minimum Gasteiger partial charge on any atom is -0.354 e. The van der Waals surface area contributed by atoms with Crippen molar-refractivity contribution in [1.82, 2.24) is 29.5 Å². The van der Waals surface area contributed by atoms with Gasteiger partial charge in [0.15, 0.2) is 0 Å². The van der Waals surface area contributed by atoms with Crippen molar-refractivity contribution in [1.29, 1.82) is 0 Å². The Morgan fingerprint density at radius 1 is 0.565 bits per heavy atom. The zero-order chi connectivity index (χ0) is 44.4. The number of nitrogens with one attached hydrogen (secondary N) is 2. The lowest BCUT2D eigenvalue weighted by Crippen LogP contribution is -2.16. The van der Waals surface area contributed by atoms with Gasteiger partial charge in [0.1, 0.15) is 0 Å². The summed E-state index contributed by atoms with van der Waals surface area (Å²) in [6.45, 7) is 33.0. The molecule has 6 heterocycles. The average Bonchev–Trinajstić information content (AvgIpc) is 4.04. The van der Waals surface area contributed by atoms with Crippen LogP contribution in [0, 0.1) is 13.8 Å². The fourth-order valence-electron chi connectivity index (χ4n) is 9.88. The minimum absolute atomic E-state index is 0.0327. The predicted molar refractivity (Wildman–Crippen MR) is 264 cm³/mol. The van der Waals surface area contributed by atoms with Crippen molar-refractivity contribution < 1.29 is 0 Å². The number of H-pyrrole nitrogens is 2. The summed E-state index contributed by atoms with van der Waals surface area (Å²) < 4.78 is 2.11. The molecule has 2 aromatic carbocycles. The third-order valence-corrected chi connectivity index (χ3v) is 13.6. The van der Waals surface area contributed by atoms with E-state index in [4.69, 9.17) is 9.97 Å². The summed E-state index contributed by atoms with van der Waals surface area (Å²) in [6.07, 6.45) is 9.26. The molecule has 0 aliphatic carbocycles. The van der Waals surface area contributed by atoms with Crippen LogP contribution in [0.1, 0.15) is 158 Å². The Hall–Kier alpha value is -5.75. The first-order valence-electron chi connectivity index (χ1n) is 22.9. The van der Waals surface area contributed by atoms with Gasteiger partial charge in [-0.1, -0.05) is 112 Å². The van der Waals surface area contributed by atoms with Crippen LogP contribution in [0.15, 0.2) is 73.3 Å². The largest absolute Gasteiger partial charge is 0.354 e. The quantitative estimate of drug-likeness (QED) is 0.161. The lowest BCUT2D eigenvalue weighted by molar-refractivity contribution is 0.569. The van der Waals surface area contributed by atoms with Crippen LogP contribution in [0.2, 0.25) is 0 Å². The SMILES string of the molecule is CCC1=C(C)c2nc1cc1[nH]c(c(C)c1CC)c(-c1cc(C(C)(C)C)cc(C(C)(C)C)c1)c1[nH]c(cc3nc(c2-c2ccc(Cn4ccnc4)cc2)C(C)=C3CC)c(CC)c1C. The van der Waals surface area contributed by atoms with Gasteiger partial charge in [-0.2, -0.15) is 0 Å². The molecule has 0 radical (unpaired) electrons. The van der Waals surface area contributed by atoms with Gasteiger partial charge in [-0.05, 0) is 149 Å². The molecule has 2 N–H and O–H groups in total. The summed E-state index contributed by atoms with van der Waals surface area (Å²) in [6, 6.07) is 21.0. The molecule has 0 atom stereocenters. The summed E-state index contributed by atoms with van der Waals surface area (Å²) in [7, 11) is 0. The summed E-state index contributed by atoms with van der Waals surface area (Å²) in [5.74, 6) is 0. The molecule has 6 heteroatoms. The summed E-state index contributed by atoms with van der Waals surface area (Å²) >= 11 is 0. The minimum atomic E-state index is -0.0327. The molecule has 320 valence electrons. The van der Waals surface area contributed by atoms with E-state index in [0.29, 0.717) is 0 Å². The first-order chi connectivity index (χ1) is 29.5. The molecule has 8 rings (SSSR count). The molecule has 0 saturated carbocycles. The number of fused-ring (bicyclic) bond motifs is 8. The number of hydrogen-bond acceptors (Lipinski definition) is 3.